The molecule has 0 unspecified atom stereocenters. The van der Waals surface area contributed by atoms with E-state index in [1.165, 1.54) is 40.3 Å². The van der Waals surface area contributed by atoms with Crippen LogP contribution in [0.1, 0.15) is 39.6 Å². The van der Waals surface area contributed by atoms with E-state index < -0.39 is 41.7 Å². The average molecular weight is 656 g/mol. The number of hydrogen-bond acceptors (Lipinski definition) is 7. The lowest BCUT2D eigenvalue weighted by molar-refractivity contribution is -0.137. The number of likely N-dealkylation sites (N-methyl/N-ethyl adjacent to an activating group) is 1. The summed E-state index contributed by atoms with van der Waals surface area (Å²) in [5, 5.41) is 15.6. The van der Waals surface area contributed by atoms with Gasteiger partial charge in [0.1, 0.15) is 6.10 Å². The lowest BCUT2D eigenvalue weighted by atomic mass is 9.99. The molecule has 14 heteroatoms. The molecule has 3 atom stereocenters. The molecule has 0 spiro atoms. The first-order chi connectivity index (χ1) is 21.8. The highest BCUT2D eigenvalue weighted by Gasteiger charge is 2.35. The van der Waals surface area contributed by atoms with Crippen molar-refractivity contribution in [3.63, 3.8) is 0 Å². The van der Waals surface area contributed by atoms with Gasteiger partial charge in [-0.25, -0.2) is 9.78 Å². The van der Waals surface area contributed by atoms with Crippen molar-refractivity contribution in [3.8, 4) is 5.75 Å². The molecule has 242 valence electrons. The zero-order valence-electron chi connectivity index (χ0n) is 25.2. The highest BCUT2D eigenvalue weighted by atomic mass is 32.1. The number of ether oxygens (including phenoxy) is 1. The van der Waals surface area contributed by atoms with Crippen LogP contribution in [0.4, 0.5) is 29.3 Å². The van der Waals surface area contributed by atoms with Gasteiger partial charge in [0, 0.05) is 25.2 Å². The maximum Gasteiger partial charge on any atom is 0.416 e. The van der Waals surface area contributed by atoms with Crippen molar-refractivity contribution in [2.24, 2.45) is 5.92 Å². The summed E-state index contributed by atoms with van der Waals surface area (Å²) in [6, 6.07) is 15.1. The molecule has 0 saturated carbocycles. The number of aliphatic hydroxyl groups excluding tert-OH is 1. The Hall–Kier alpha value is -4.69. The molecule has 4 aromatic rings. The molecule has 1 aromatic heterocycles. The number of hydrogen-bond donors (Lipinski definition) is 3. The quantitative estimate of drug-likeness (QED) is 0.226. The van der Waals surface area contributed by atoms with Crippen LogP contribution in [0.25, 0.3) is 10.2 Å². The number of halogens is 3. The van der Waals surface area contributed by atoms with Crippen molar-refractivity contribution in [2.75, 3.05) is 37.4 Å². The number of carbonyl (C=O) groups excluding carboxylic acids is 3. The van der Waals surface area contributed by atoms with Crippen LogP contribution in [-0.2, 0) is 6.18 Å². The summed E-state index contributed by atoms with van der Waals surface area (Å²) < 4.78 is 46.1. The van der Waals surface area contributed by atoms with Crippen molar-refractivity contribution in [3.05, 3.63) is 82.9 Å². The molecule has 3 aromatic carbocycles. The number of aromatic nitrogens is 1. The van der Waals surface area contributed by atoms with Gasteiger partial charge in [0.15, 0.2) is 10.8 Å². The topological polar surface area (TPSA) is 124 Å². The van der Waals surface area contributed by atoms with Gasteiger partial charge in [0.05, 0.1) is 46.2 Å². The van der Waals surface area contributed by atoms with Gasteiger partial charge in [-0.05, 0) is 55.5 Å². The number of nitrogens with one attached hydrogen (secondary N) is 2. The molecular formula is C32H32F3N5O5S. The lowest BCUT2D eigenvalue weighted by Gasteiger charge is -2.38. The minimum atomic E-state index is -4.50. The Kier molecular flexibility index (Phi) is 9.49. The molecule has 3 N–H and O–H groups in total. The molecule has 0 fully saturated rings. The summed E-state index contributed by atoms with van der Waals surface area (Å²) >= 11 is 1.22. The molecule has 0 aliphatic carbocycles. The van der Waals surface area contributed by atoms with E-state index in [0.29, 0.717) is 5.52 Å². The Morgan fingerprint density at radius 3 is 2.50 bits per heavy atom. The number of para-hydroxylation sites is 2. The van der Waals surface area contributed by atoms with E-state index in [1.807, 2.05) is 25.1 Å². The monoisotopic (exact) mass is 655 g/mol. The third-order valence-electron chi connectivity index (χ3n) is 7.69. The van der Waals surface area contributed by atoms with Gasteiger partial charge in [-0.15, -0.1) is 11.3 Å². The zero-order valence-corrected chi connectivity index (χ0v) is 26.0. The van der Waals surface area contributed by atoms with Crippen molar-refractivity contribution >= 4 is 50.8 Å². The van der Waals surface area contributed by atoms with Gasteiger partial charge in [0.25, 0.3) is 11.8 Å². The van der Waals surface area contributed by atoms with Crippen LogP contribution in [0.15, 0.2) is 66.7 Å². The van der Waals surface area contributed by atoms with Crippen LogP contribution >= 0.6 is 11.3 Å². The number of anilines is 2. The average Bonchev–Trinajstić information content (AvgIpc) is 3.47. The fourth-order valence-electron chi connectivity index (χ4n) is 5.02. The van der Waals surface area contributed by atoms with Crippen LogP contribution in [-0.4, -0.2) is 76.6 Å². The molecule has 2 heterocycles. The number of urea groups is 1. The second-order valence-electron chi connectivity index (χ2n) is 11.1. The molecule has 0 bridgehead atoms. The Labute approximate surface area is 266 Å². The van der Waals surface area contributed by atoms with E-state index in [2.05, 4.69) is 15.6 Å². The first-order valence-electron chi connectivity index (χ1n) is 14.4. The van der Waals surface area contributed by atoms with E-state index in [9.17, 15) is 32.7 Å². The Morgan fingerprint density at radius 2 is 1.83 bits per heavy atom. The highest BCUT2D eigenvalue weighted by Crippen LogP contribution is 2.36. The van der Waals surface area contributed by atoms with Crippen molar-refractivity contribution in [2.45, 2.75) is 32.2 Å². The molecule has 1 aliphatic rings. The predicted molar refractivity (Wildman–Crippen MR) is 168 cm³/mol. The standard InChI is InChI=1S/C32H32F3N5O5S/c1-18-15-40(19(2)17-41)30(43)22-7-6-9-24(37-28(42)29-38-23-8-4-5-10-26(23)46-29)27(22)45-25(18)16-39(3)31(44)36-21-13-11-20(12-14-21)32(33,34)35/h4-14,18-19,25,41H,15-17H2,1-3H3,(H,36,44)(H,37,42)/t18-,19-,25-/m1/s1. The Morgan fingerprint density at radius 1 is 1.11 bits per heavy atom. The van der Waals surface area contributed by atoms with Gasteiger partial charge in [-0.1, -0.05) is 25.1 Å². The summed E-state index contributed by atoms with van der Waals surface area (Å²) in [4.78, 5) is 47.4. The number of amides is 4. The van der Waals surface area contributed by atoms with E-state index in [1.54, 1.807) is 31.2 Å². The molecule has 10 nitrogen and oxygen atoms in total. The third-order valence-corrected chi connectivity index (χ3v) is 8.73. The summed E-state index contributed by atoms with van der Waals surface area (Å²) in [7, 11) is 1.51. The largest absolute Gasteiger partial charge is 0.485 e. The van der Waals surface area contributed by atoms with Gasteiger partial charge in [-0.2, -0.15) is 13.2 Å². The minimum absolute atomic E-state index is 0.0166. The zero-order chi connectivity index (χ0) is 33.2. The van der Waals surface area contributed by atoms with E-state index in [0.717, 1.165) is 16.8 Å². The van der Waals surface area contributed by atoms with Gasteiger partial charge < -0.3 is 30.3 Å². The second kappa shape index (κ2) is 13.3. The molecule has 46 heavy (non-hydrogen) atoms. The maximum atomic E-state index is 13.8. The van der Waals surface area contributed by atoms with Gasteiger partial charge >= 0.3 is 12.2 Å². The fraction of sp³-hybridized carbons (Fsp3) is 0.312. The summed E-state index contributed by atoms with van der Waals surface area (Å²) in [6.07, 6.45) is -5.21. The van der Waals surface area contributed by atoms with Crippen LogP contribution in [0, 0.1) is 5.92 Å². The Balaban J connectivity index is 1.41. The SMILES string of the molecule is C[C@@H]1CN([C@H](C)CO)C(=O)c2cccc(NC(=O)c3nc4ccccc4s3)c2O[C@@H]1CN(C)C(=O)Nc1ccc(C(F)(F)F)cc1. The number of aliphatic hydroxyl groups is 1. The number of benzene rings is 3. The first kappa shape index (κ1) is 32.7. The molecule has 4 amide bonds. The van der Waals surface area contributed by atoms with Crippen LogP contribution < -0.4 is 15.4 Å². The number of fused-ring (bicyclic) bond motifs is 2. The van der Waals surface area contributed by atoms with Gasteiger partial charge in [-0.3, -0.25) is 9.59 Å². The fourth-order valence-corrected chi connectivity index (χ4v) is 5.88. The van der Waals surface area contributed by atoms with Crippen molar-refractivity contribution < 1.29 is 37.4 Å². The lowest BCUT2D eigenvalue weighted by Crippen LogP contribution is -2.50. The molecule has 1 aliphatic heterocycles. The van der Waals surface area contributed by atoms with E-state index in [4.69, 9.17) is 4.74 Å². The summed E-state index contributed by atoms with van der Waals surface area (Å²) in [5.74, 6) is -1.15. The van der Waals surface area contributed by atoms with Crippen molar-refractivity contribution in [1.29, 1.82) is 0 Å². The first-order valence-corrected chi connectivity index (χ1v) is 15.2. The summed E-state index contributed by atoms with van der Waals surface area (Å²) in [6.45, 7) is 3.47. The van der Waals surface area contributed by atoms with Gasteiger partial charge in [0.2, 0.25) is 0 Å². The Bertz CT molecular complexity index is 1710. The molecule has 0 saturated heterocycles. The number of carbonyl (C=O) groups is 3. The number of rotatable bonds is 7. The van der Waals surface area contributed by atoms with Crippen molar-refractivity contribution in [1.82, 2.24) is 14.8 Å². The minimum Gasteiger partial charge on any atom is -0.485 e. The number of thiazole rings is 1. The third kappa shape index (κ3) is 7.07. The maximum absolute atomic E-state index is 13.8. The highest BCUT2D eigenvalue weighted by molar-refractivity contribution is 7.20. The predicted octanol–water partition coefficient (Wildman–Crippen LogP) is 5.95. The van der Waals surface area contributed by atoms with Crippen LogP contribution in [0.3, 0.4) is 0 Å². The number of alkyl halides is 3. The van der Waals surface area contributed by atoms with Crippen LogP contribution in [0.2, 0.25) is 0 Å². The molecule has 5 rings (SSSR count). The number of nitrogens with zero attached hydrogens (tertiary/aromatic N) is 3. The van der Waals surface area contributed by atoms with E-state index >= 15 is 0 Å². The normalized spacial score (nSPS) is 17.4. The second-order valence-corrected chi connectivity index (χ2v) is 12.2. The van der Waals surface area contributed by atoms with E-state index in [-0.39, 0.29) is 53.3 Å². The van der Waals surface area contributed by atoms with Crippen LogP contribution in [0.5, 0.6) is 5.75 Å². The summed E-state index contributed by atoms with van der Waals surface area (Å²) in [5.41, 5.74) is 0.401. The smallest absolute Gasteiger partial charge is 0.416 e. The molecular weight excluding hydrogens is 623 g/mol. The molecule has 0 radical (unpaired) electrons.